The number of hydrogen-bond donors (Lipinski definition) is 2. The second-order valence-corrected chi connectivity index (χ2v) is 5.15. The zero-order valence-corrected chi connectivity index (χ0v) is 10.1. The van der Waals surface area contributed by atoms with Crippen molar-refractivity contribution in [2.45, 2.75) is 4.90 Å². The Morgan fingerprint density at radius 2 is 2.12 bits per heavy atom. The Bertz CT molecular complexity index is 641. The van der Waals surface area contributed by atoms with Crippen molar-refractivity contribution in [2.75, 3.05) is 10.5 Å². The molecule has 17 heavy (non-hydrogen) atoms. The third-order valence-corrected chi connectivity index (χ3v) is 3.54. The molecule has 2 aromatic rings. The van der Waals surface area contributed by atoms with Gasteiger partial charge in [0.05, 0.1) is 6.20 Å². The number of nitrogen functional groups attached to an aromatic ring is 1. The van der Waals surface area contributed by atoms with Crippen LogP contribution in [0.15, 0.2) is 23.4 Å². The number of sulfonamides is 1. The summed E-state index contributed by atoms with van der Waals surface area (Å²) in [5, 5.41) is 7.64. The van der Waals surface area contributed by atoms with Crippen LogP contribution in [0.4, 0.5) is 11.6 Å². The molecular formula is C8H12N6O2S. The minimum Gasteiger partial charge on any atom is -0.381 e. The number of nitrogens with one attached hydrogen (secondary N) is 1. The molecule has 2 rings (SSSR count). The van der Waals surface area contributed by atoms with Crippen LogP contribution in [0.25, 0.3) is 0 Å². The van der Waals surface area contributed by atoms with Crippen molar-refractivity contribution in [1.29, 1.82) is 0 Å². The van der Waals surface area contributed by atoms with Gasteiger partial charge in [-0.3, -0.25) is 14.1 Å². The lowest BCUT2D eigenvalue weighted by atomic mass is 10.6. The molecule has 0 aliphatic rings. The van der Waals surface area contributed by atoms with E-state index in [4.69, 9.17) is 5.73 Å². The van der Waals surface area contributed by atoms with Gasteiger partial charge in [0.2, 0.25) is 0 Å². The summed E-state index contributed by atoms with van der Waals surface area (Å²) >= 11 is 0. The van der Waals surface area contributed by atoms with Crippen molar-refractivity contribution < 1.29 is 8.42 Å². The molecule has 0 aromatic carbocycles. The van der Waals surface area contributed by atoms with E-state index in [1.54, 1.807) is 20.2 Å². The zero-order valence-electron chi connectivity index (χ0n) is 9.32. The van der Waals surface area contributed by atoms with Crippen LogP contribution in [0.5, 0.6) is 0 Å². The third kappa shape index (κ3) is 2.09. The zero-order chi connectivity index (χ0) is 12.6. The Hall–Kier alpha value is -2.03. The molecule has 0 saturated heterocycles. The maximum absolute atomic E-state index is 12.0. The number of nitrogens with two attached hydrogens (primary N) is 1. The third-order valence-electron chi connectivity index (χ3n) is 2.17. The summed E-state index contributed by atoms with van der Waals surface area (Å²) in [6, 6.07) is 1.55. The highest BCUT2D eigenvalue weighted by Gasteiger charge is 2.21. The average molecular weight is 256 g/mol. The summed E-state index contributed by atoms with van der Waals surface area (Å²) in [6.45, 7) is 0. The first-order valence-electron chi connectivity index (χ1n) is 4.70. The molecule has 8 nitrogen and oxygen atoms in total. The average Bonchev–Trinajstić information content (AvgIpc) is 2.74. The number of rotatable bonds is 3. The van der Waals surface area contributed by atoms with Crippen LogP contribution in [0.3, 0.4) is 0 Å². The van der Waals surface area contributed by atoms with E-state index >= 15 is 0 Å². The molecule has 0 saturated carbocycles. The van der Waals surface area contributed by atoms with Gasteiger partial charge in [0.15, 0.2) is 5.82 Å². The van der Waals surface area contributed by atoms with E-state index in [2.05, 4.69) is 14.9 Å². The Balaban J connectivity index is 2.38. The van der Waals surface area contributed by atoms with Crippen LogP contribution >= 0.6 is 0 Å². The van der Waals surface area contributed by atoms with Gasteiger partial charge >= 0.3 is 0 Å². The number of aromatic nitrogens is 4. The fraction of sp³-hybridized carbons (Fsp3) is 0.250. The van der Waals surface area contributed by atoms with Gasteiger partial charge in [0.1, 0.15) is 10.7 Å². The van der Waals surface area contributed by atoms with Crippen molar-refractivity contribution in [3.63, 3.8) is 0 Å². The van der Waals surface area contributed by atoms with E-state index in [1.165, 1.54) is 21.8 Å². The molecule has 92 valence electrons. The summed E-state index contributed by atoms with van der Waals surface area (Å²) in [7, 11) is -0.509. The second kappa shape index (κ2) is 3.77. The highest BCUT2D eigenvalue weighted by atomic mass is 32.2. The second-order valence-electron chi connectivity index (χ2n) is 3.50. The predicted molar refractivity (Wildman–Crippen MR) is 61.6 cm³/mol. The largest absolute Gasteiger partial charge is 0.381 e. The molecule has 0 bridgehead atoms. The van der Waals surface area contributed by atoms with Crippen LogP contribution in [-0.4, -0.2) is 28.0 Å². The van der Waals surface area contributed by atoms with E-state index in [0.29, 0.717) is 5.82 Å². The predicted octanol–water partition coefficient (Wildman–Crippen LogP) is -0.463. The number of aryl methyl sites for hydroxylation is 2. The van der Waals surface area contributed by atoms with Gasteiger partial charge in [-0.05, 0) is 0 Å². The van der Waals surface area contributed by atoms with E-state index in [-0.39, 0.29) is 10.7 Å². The van der Waals surface area contributed by atoms with Crippen molar-refractivity contribution in [2.24, 2.45) is 14.1 Å². The van der Waals surface area contributed by atoms with Gasteiger partial charge in [-0.25, -0.2) is 8.42 Å². The van der Waals surface area contributed by atoms with Crippen LogP contribution in [0, 0.1) is 0 Å². The van der Waals surface area contributed by atoms with Gasteiger partial charge in [0, 0.05) is 26.4 Å². The first-order chi connectivity index (χ1) is 7.90. The molecule has 0 amide bonds. The summed E-state index contributed by atoms with van der Waals surface area (Å²) in [5.74, 6) is 0.315. The van der Waals surface area contributed by atoms with Crippen molar-refractivity contribution >= 4 is 21.7 Å². The molecule has 0 unspecified atom stereocenters. The van der Waals surface area contributed by atoms with Crippen LogP contribution in [0.1, 0.15) is 0 Å². The fourth-order valence-corrected chi connectivity index (χ4v) is 2.55. The molecule has 3 N–H and O–H groups in total. The van der Waals surface area contributed by atoms with Gasteiger partial charge in [0.25, 0.3) is 10.0 Å². The standard InChI is InChI=1S/C8H12N6O2S/c1-13-5-6(8(9)11-13)17(15,16)12-7-3-4-10-14(7)2/h3-5,12H,1-2H3,(H2,9,11). The highest BCUT2D eigenvalue weighted by molar-refractivity contribution is 7.92. The maximum atomic E-state index is 12.0. The van der Waals surface area contributed by atoms with Crippen molar-refractivity contribution in [1.82, 2.24) is 19.6 Å². The highest BCUT2D eigenvalue weighted by Crippen LogP contribution is 2.19. The monoisotopic (exact) mass is 256 g/mol. The van der Waals surface area contributed by atoms with E-state index < -0.39 is 10.0 Å². The van der Waals surface area contributed by atoms with Gasteiger partial charge in [-0.15, -0.1) is 0 Å². The Morgan fingerprint density at radius 3 is 2.59 bits per heavy atom. The molecule has 2 heterocycles. The minimum absolute atomic E-state index is 0.0397. The number of hydrogen-bond acceptors (Lipinski definition) is 5. The first kappa shape index (κ1) is 11.5. The molecule has 0 fully saturated rings. The first-order valence-corrected chi connectivity index (χ1v) is 6.18. The lowest BCUT2D eigenvalue weighted by molar-refractivity contribution is 0.600. The fourth-order valence-electron chi connectivity index (χ4n) is 1.36. The van der Waals surface area contributed by atoms with Gasteiger partial charge < -0.3 is 5.73 Å². The summed E-state index contributed by atoms with van der Waals surface area (Å²) < 4.78 is 29.1. The maximum Gasteiger partial charge on any atom is 0.268 e. The minimum atomic E-state index is -3.73. The molecule has 2 aromatic heterocycles. The molecule has 0 aliphatic carbocycles. The molecule has 0 atom stereocenters. The quantitative estimate of drug-likeness (QED) is 0.772. The van der Waals surface area contributed by atoms with Gasteiger partial charge in [-0.2, -0.15) is 10.2 Å². The van der Waals surface area contributed by atoms with Crippen LogP contribution in [0.2, 0.25) is 0 Å². The van der Waals surface area contributed by atoms with Crippen LogP contribution < -0.4 is 10.5 Å². The topological polar surface area (TPSA) is 108 Å². The van der Waals surface area contributed by atoms with Crippen molar-refractivity contribution in [3.05, 3.63) is 18.5 Å². The van der Waals surface area contributed by atoms with Gasteiger partial charge in [-0.1, -0.05) is 0 Å². The molecule has 9 heteroatoms. The smallest absolute Gasteiger partial charge is 0.268 e. The SMILES string of the molecule is Cn1cc(S(=O)(=O)Nc2ccnn2C)c(N)n1. The summed E-state index contributed by atoms with van der Waals surface area (Å²) in [6.07, 6.45) is 2.83. The Labute approximate surface area is 98.1 Å². The molecule has 0 spiro atoms. The lowest BCUT2D eigenvalue weighted by Crippen LogP contribution is -2.16. The Kier molecular flexibility index (Phi) is 2.54. The molecule has 0 radical (unpaired) electrons. The lowest BCUT2D eigenvalue weighted by Gasteiger charge is -2.06. The number of anilines is 2. The van der Waals surface area contributed by atoms with E-state index in [1.807, 2.05) is 0 Å². The Morgan fingerprint density at radius 1 is 1.41 bits per heavy atom. The summed E-state index contributed by atoms with van der Waals surface area (Å²) in [5.41, 5.74) is 5.52. The summed E-state index contributed by atoms with van der Waals surface area (Å²) in [4.78, 5) is -0.0544. The molecule has 0 aliphatic heterocycles. The van der Waals surface area contributed by atoms with E-state index in [9.17, 15) is 8.42 Å². The van der Waals surface area contributed by atoms with Crippen LogP contribution in [-0.2, 0) is 24.1 Å². The molecular weight excluding hydrogens is 244 g/mol. The normalized spacial score (nSPS) is 11.6. The van der Waals surface area contributed by atoms with Crippen molar-refractivity contribution in [3.8, 4) is 0 Å². The number of nitrogens with zero attached hydrogens (tertiary/aromatic N) is 4. The van der Waals surface area contributed by atoms with E-state index in [0.717, 1.165) is 0 Å².